The number of rotatable bonds is 4. The predicted octanol–water partition coefficient (Wildman–Crippen LogP) is 1.61. The standard InChI is InChI=1S/C14H21N3O2/c15-13(18)12-9-11(5-8-17-12)19-10-14(16)6-3-1-2-4-7-14/h5,8-9H,1-4,6-7,10,16H2,(H2,15,18). The first kappa shape index (κ1) is 13.8. The predicted molar refractivity (Wildman–Crippen MR) is 72.9 cm³/mol. The summed E-state index contributed by atoms with van der Waals surface area (Å²) >= 11 is 0. The van der Waals surface area contributed by atoms with Gasteiger partial charge in [0.2, 0.25) is 0 Å². The minimum absolute atomic E-state index is 0.212. The Balaban J connectivity index is 1.97. The van der Waals surface area contributed by atoms with Gasteiger partial charge in [-0.25, -0.2) is 0 Å². The fourth-order valence-electron chi connectivity index (χ4n) is 2.44. The summed E-state index contributed by atoms with van der Waals surface area (Å²) in [5.74, 6) is 0.0419. The molecule has 0 atom stereocenters. The highest BCUT2D eigenvalue weighted by molar-refractivity contribution is 5.91. The molecule has 0 spiro atoms. The molecule has 1 aliphatic carbocycles. The number of amides is 1. The number of pyridine rings is 1. The first-order valence-corrected chi connectivity index (χ1v) is 6.77. The molecule has 1 aromatic heterocycles. The SMILES string of the molecule is NC(=O)c1cc(OCC2(N)CCCCCC2)ccn1. The van der Waals surface area contributed by atoms with Gasteiger partial charge in [-0.1, -0.05) is 25.7 Å². The summed E-state index contributed by atoms with van der Waals surface area (Å²) in [6, 6.07) is 3.27. The summed E-state index contributed by atoms with van der Waals surface area (Å²) in [4.78, 5) is 14.9. The van der Waals surface area contributed by atoms with Crippen molar-refractivity contribution in [3.8, 4) is 5.75 Å². The van der Waals surface area contributed by atoms with Gasteiger partial charge in [-0.05, 0) is 18.9 Å². The zero-order chi connectivity index (χ0) is 13.7. The van der Waals surface area contributed by atoms with Crippen LogP contribution in [-0.4, -0.2) is 23.0 Å². The Morgan fingerprint density at radius 2 is 2.00 bits per heavy atom. The van der Waals surface area contributed by atoms with Crippen molar-refractivity contribution < 1.29 is 9.53 Å². The lowest BCUT2D eigenvalue weighted by Gasteiger charge is -2.27. The lowest BCUT2D eigenvalue weighted by Crippen LogP contribution is -2.45. The normalized spacial score (nSPS) is 18.6. The van der Waals surface area contributed by atoms with Crippen molar-refractivity contribution in [1.82, 2.24) is 4.98 Å². The van der Waals surface area contributed by atoms with Crippen LogP contribution in [0.1, 0.15) is 49.0 Å². The zero-order valence-electron chi connectivity index (χ0n) is 11.1. The maximum Gasteiger partial charge on any atom is 0.267 e. The van der Waals surface area contributed by atoms with Gasteiger partial charge in [-0.3, -0.25) is 9.78 Å². The maximum atomic E-state index is 11.0. The van der Waals surface area contributed by atoms with Gasteiger partial charge in [-0.2, -0.15) is 0 Å². The van der Waals surface area contributed by atoms with Crippen LogP contribution < -0.4 is 16.2 Å². The van der Waals surface area contributed by atoms with Gasteiger partial charge < -0.3 is 16.2 Å². The number of nitrogens with two attached hydrogens (primary N) is 2. The maximum absolute atomic E-state index is 11.0. The molecule has 0 aromatic carbocycles. The average molecular weight is 263 g/mol. The second kappa shape index (κ2) is 6.02. The van der Waals surface area contributed by atoms with E-state index in [9.17, 15) is 4.79 Å². The Morgan fingerprint density at radius 3 is 2.63 bits per heavy atom. The summed E-state index contributed by atoms with van der Waals surface area (Å²) in [7, 11) is 0. The highest BCUT2D eigenvalue weighted by Gasteiger charge is 2.27. The van der Waals surface area contributed by atoms with Gasteiger partial charge in [0.15, 0.2) is 0 Å². The average Bonchev–Trinajstić information content (AvgIpc) is 2.62. The van der Waals surface area contributed by atoms with E-state index in [0.717, 1.165) is 25.7 Å². The van der Waals surface area contributed by atoms with E-state index in [-0.39, 0.29) is 11.2 Å². The Kier molecular flexibility index (Phi) is 4.37. The number of carbonyl (C=O) groups excluding carboxylic acids is 1. The minimum Gasteiger partial charge on any atom is -0.492 e. The topological polar surface area (TPSA) is 91.2 Å². The van der Waals surface area contributed by atoms with E-state index in [1.165, 1.54) is 19.0 Å². The van der Waals surface area contributed by atoms with E-state index in [1.54, 1.807) is 12.1 Å². The van der Waals surface area contributed by atoms with E-state index in [1.807, 2.05) is 0 Å². The Labute approximate surface area is 113 Å². The number of nitrogens with zero attached hydrogens (tertiary/aromatic N) is 1. The van der Waals surface area contributed by atoms with E-state index in [2.05, 4.69) is 4.98 Å². The van der Waals surface area contributed by atoms with E-state index in [4.69, 9.17) is 16.2 Å². The number of carbonyl (C=O) groups is 1. The molecule has 1 saturated carbocycles. The number of primary amides is 1. The molecule has 1 amide bonds. The van der Waals surface area contributed by atoms with Crippen molar-refractivity contribution in [2.45, 2.75) is 44.1 Å². The first-order chi connectivity index (χ1) is 9.09. The second-order valence-electron chi connectivity index (χ2n) is 5.31. The van der Waals surface area contributed by atoms with Crippen molar-refractivity contribution >= 4 is 5.91 Å². The minimum atomic E-state index is -0.553. The highest BCUT2D eigenvalue weighted by atomic mass is 16.5. The van der Waals surface area contributed by atoms with Crippen LogP contribution in [0.4, 0.5) is 0 Å². The zero-order valence-corrected chi connectivity index (χ0v) is 11.1. The molecule has 0 bridgehead atoms. The molecule has 4 N–H and O–H groups in total. The molecular weight excluding hydrogens is 242 g/mol. The molecule has 2 rings (SSSR count). The summed E-state index contributed by atoms with van der Waals surface area (Å²) < 4.78 is 5.72. The third-order valence-corrected chi connectivity index (χ3v) is 3.61. The summed E-state index contributed by atoms with van der Waals surface area (Å²) in [5, 5.41) is 0. The van der Waals surface area contributed by atoms with E-state index >= 15 is 0 Å². The number of aromatic nitrogens is 1. The Morgan fingerprint density at radius 1 is 1.32 bits per heavy atom. The quantitative estimate of drug-likeness (QED) is 0.807. The largest absolute Gasteiger partial charge is 0.492 e. The molecule has 1 aliphatic rings. The summed E-state index contributed by atoms with van der Waals surface area (Å²) in [5.41, 5.74) is 11.5. The molecule has 1 fully saturated rings. The third kappa shape index (κ3) is 3.92. The van der Waals surface area contributed by atoms with Crippen molar-refractivity contribution in [2.24, 2.45) is 11.5 Å². The molecular formula is C14H21N3O2. The number of hydrogen-bond donors (Lipinski definition) is 2. The van der Waals surface area contributed by atoms with Crippen LogP contribution in [0.25, 0.3) is 0 Å². The van der Waals surface area contributed by atoms with Crippen LogP contribution in [0.5, 0.6) is 5.75 Å². The molecule has 5 nitrogen and oxygen atoms in total. The van der Waals surface area contributed by atoms with Crippen molar-refractivity contribution in [3.05, 3.63) is 24.0 Å². The van der Waals surface area contributed by atoms with Crippen LogP contribution >= 0.6 is 0 Å². The van der Waals surface area contributed by atoms with Crippen molar-refractivity contribution in [2.75, 3.05) is 6.61 Å². The van der Waals surface area contributed by atoms with Gasteiger partial charge in [0.05, 0.1) is 5.54 Å². The lowest BCUT2D eigenvalue weighted by molar-refractivity contribution is 0.0995. The first-order valence-electron chi connectivity index (χ1n) is 6.77. The van der Waals surface area contributed by atoms with Gasteiger partial charge in [-0.15, -0.1) is 0 Å². The molecule has 0 radical (unpaired) electrons. The lowest BCUT2D eigenvalue weighted by atomic mass is 9.92. The van der Waals surface area contributed by atoms with Crippen LogP contribution in [0.15, 0.2) is 18.3 Å². The number of hydrogen-bond acceptors (Lipinski definition) is 4. The van der Waals surface area contributed by atoms with Crippen LogP contribution in [0, 0.1) is 0 Å². The molecule has 0 saturated heterocycles. The van der Waals surface area contributed by atoms with Crippen molar-refractivity contribution in [1.29, 1.82) is 0 Å². The molecule has 0 aliphatic heterocycles. The van der Waals surface area contributed by atoms with Crippen LogP contribution in [-0.2, 0) is 0 Å². The van der Waals surface area contributed by atoms with Crippen molar-refractivity contribution in [3.63, 3.8) is 0 Å². The molecule has 0 unspecified atom stereocenters. The molecule has 1 heterocycles. The van der Waals surface area contributed by atoms with Gasteiger partial charge >= 0.3 is 0 Å². The van der Waals surface area contributed by atoms with E-state index in [0.29, 0.717) is 12.4 Å². The fourth-order valence-corrected chi connectivity index (χ4v) is 2.44. The van der Waals surface area contributed by atoms with E-state index < -0.39 is 5.91 Å². The van der Waals surface area contributed by atoms with Crippen LogP contribution in [0.2, 0.25) is 0 Å². The van der Waals surface area contributed by atoms with Gasteiger partial charge in [0, 0.05) is 12.3 Å². The summed E-state index contributed by atoms with van der Waals surface area (Å²) in [6.07, 6.45) is 8.30. The molecule has 5 heteroatoms. The Hall–Kier alpha value is -1.62. The molecule has 1 aromatic rings. The Bertz CT molecular complexity index is 440. The smallest absolute Gasteiger partial charge is 0.267 e. The third-order valence-electron chi connectivity index (χ3n) is 3.61. The van der Waals surface area contributed by atoms with Crippen LogP contribution in [0.3, 0.4) is 0 Å². The fraction of sp³-hybridized carbons (Fsp3) is 0.571. The highest BCUT2D eigenvalue weighted by Crippen LogP contribution is 2.26. The monoisotopic (exact) mass is 263 g/mol. The second-order valence-corrected chi connectivity index (χ2v) is 5.31. The summed E-state index contributed by atoms with van der Waals surface area (Å²) in [6.45, 7) is 0.467. The number of ether oxygens (including phenoxy) is 1. The van der Waals surface area contributed by atoms with Gasteiger partial charge in [0.25, 0.3) is 5.91 Å². The molecule has 19 heavy (non-hydrogen) atoms. The van der Waals surface area contributed by atoms with Gasteiger partial charge in [0.1, 0.15) is 18.1 Å². The molecule has 104 valence electrons.